The summed E-state index contributed by atoms with van der Waals surface area (Å²) in [5.74, 6) is 0.00908. The highest BCUT2D eigenvalue weighted by molar-refractivity contribution is 5.81. The Bertz CT molecular complexity index is 375. The van der Waals surface area contributed by atoms with Crippen molar-refractivity contribution in [1.82, 2.24) is 10.6 Å². The SMILES string of the molecule is C=CCNC(=O)C(C)NC(C)Cc1ccccc1. The minimum Gasteiger partial charge on any atom is -0.351 e. The Hall–Kier alpha value is -1.61. The lowest BCUT2D eigenvalue weighted by molar-refractivity contribution is -0.122. The third kappa shape index (κ3) is 5.15. The van der Waals surface area contributed by atoms with Gasteiger partial charge in [-0.05, 0) is 25.8 Å². The first-order chi connectivity index (χ1) is 8.63. The minimum atomic E-state index is -0.191. The second-order valence-electron chi connectivity index (χ2n) is 4.51. The maximum Gasteiger partial charge on any atom is 0.237 e. The van der Waals surface area contributed by atoms with Crippen LogP contribution in [0, 0.1) is 0 Å². The summed E-state index contributed by atoms with van der Waals surface area (Å²) in [4.78, 5) is 11.7. The van der Waals surface area contributed by atoms with Gasteiger partial charge in [-0.2, -0.15) is 0 Å². The molecular formula is C15H22N2O. The number of carbonyl (C=O) groups excluding carboxylic acids is 1. The van der Waals surface area contributed by atoms with Crippen molar-refractivity contribution in [3.8, 4) is 0 Å². The van der Waals surface area contributed by atoms with E-state index in [1.807, 2.05) is 25.1 Å². The van der Waals surface area contributed by atoms with Crippen molar-refractivity contribution < 1.29 is 4.79 Å². The highest BCUT2D eigenvalue weighted by Gasteiger charge is 2.14. The maximum absolute atomic E-state index is 11.7. The van der Waals surface area contributed by atoms with Gasteiger partial charge in [0.2, 0.25) is 5.91 Å². The number of hydrogen-bond donors (Lipinski definition) is 2. The minimum absolute atomic E-state index is 0.00908. The lowest BCUT2D eigenvalue weighted by Crippen LogP contribution is -2.46. The molecule has 3 heteroatoms. The Labute approximate surface area is 109 Å². The van der Waals surface area contributed by atoms with Crippen LogP contribution in [0.1, 0.15) is 19.4 Å². The summed E-state index contributed by atoms with van der Waals surface area (Å²) in [6.07, 6.45) is 2.60. The molecule has 0 heterocycles. The molecular weight excluding hydrogens is 224 g/mol. The van der Waals surface area contributed by atoms with E-state index in [1.54, 1.807) is 6.08 Å². The zero-order valence-electron chi connectivity index (χ0n) is 11.1. The van der Waals surface area contributed by atoms with Gasteiger partial charge in [-0.3, -0.25) is 4.79 Å². The summed E-state index contributed by atoms with van der Waals surface area (Å²) in [7, 11) is 0. The van der Waals surface area contributed by atoms with Crippen LogP contribution in [0.25, 0.3) is 0 Å². The van der Waals surface area contributed by atoms with Gasteiger partial charge < -0.3 is 10.6 Å². The third-order valence-electron chi connectivity index (χ3n) is 2.73. The molecule has 3 nitrogen and oxygen atoms in total. The van der Waals surface area contributed by atoms with Gasteiger partial charge in [0.05, 0.1) is 6.04 Å². The summed E-state index contributed by atoms with van der Waals surface area (Å²) in [5, 5.41) is 6.07. The summed E-state index contributed by atoms with van der Waals surface area (Å²) >= 11 is 0. The molecule has 98 valence electrons. The fourth-order valence-electron chi connectivity index (χ4n) is 1.85. The summed E-state index contributed by atoms with van der Waals surface area (Å²) in [5.41, 5.74) is 1.27. The number of carbonyl (C=O) groups is 1. The van der Waals surface area contributed by atoms with E-state index in [0.29, 0.717) is 6.54 Å². The molecule has 0 aromatic heterocycles. The fraction of sp³-hybridized carbons (Fsp3) is 0.400. The Balaban J connectivity index is 2.37. The predicted molar refractivity (Wildman–Crippen MR) is 75.4 cm³/mol. The molecule has 0 aliphatic rings. The van der Waals surface area contributed by atoms with Gasteiger partial charge in [0.15, 0.2) is 0 Å². The largest absolute Gasteiger partial charge is 0.351 e. The molecule has 2 unspecified atom stereocenters. The Morgan fingerprint density at radius 1 is 1.33 bits per heavy atom. The Kier molecular flexibility index (Phi) is 6.15. The number of benzene rings is 1. The van der Waals surface area contributed by atoms with Crippen LogP contribution in [0.2, 0.25) is 0 Å². The second-order valence-corrected chi connectivity index (χ2v) is 4.51. The van der Waals surface area contributed by atoms with E-state index in [1.165, 1.54) is 5.56 Å². The Morgan fingerprint density at radius 2 is 2.00 bits per heavy atom. The molecule has 1 aromatic carbocycles. The fourth-order valence-corrected chi connectivity index (χ4v) is 1.85. The van der Waals surface area contributed by atoms with E-state index in [2.05, 4.69) is 36.3 Å². The van der Waals surface area contributed by atoms with Crippen molar-refractivity contribution in [2.24, 2.45) is 0 Å². The maximum atomic E-state index is 11.7. The first-order valence-electron chi connectivity index (χ1n) is 6.32. The summed E-state index contributed by atoms with van der Waals surface area (Å²) < 4.78 is 0. The molecule has 0 aliphatic carbocycles. The van der Waals surface area contributed by atoms with Gasteiger partial charge in [-0.25, -0.2) is 0 Å². The van der Waals surface area contributed by atoms with Gasteiger partial charge in [0.1, 0.15) is 0 Å². The zero-order chi connectivity index (χ0) is 13.4. The lowest BCUT2D eigenvalue weighted by atomic mass is 10.1. The van der Waals surface area contributed by atoms with Crippen LogP contribution in [0.5, 0.6) is 0 Å². The summed E-state index contributed by atoms with van der Waals surface area (Å²) in [6, 6.07) is 10.3. The van der Waals surface area contributed by atoms with Crippen molar-refractivity contribution in [3.05, 3.63) is 48.6 Å². The summed E-state index contributed by atoms with van der Waals surface area (Å²) in [6.45, 7) is 8.05. The lowest BCUT2D eigenvalue weighted by Gasteiger charge is -2.19. The molecule has 0 radical (unpaired) electrons. The molecule has 1 aromatic rings. The number of hydrogen-bond acceptors (Lipinski definition) is 2. The van der Waals surface area contributed by atoms with Crippen molar-refractivity contribution >= 4 is 5.91 Å². The zero-order valence-corrected chi connectivity index (χ0v) is 11.1. The van der Waals surface area contributed by atoms with Crippen molar-refractivity contribution in [2.45, 2.75) is 32.4 Å². The normalized spacial score (nSPS) is 13.7. The van der Waals surface area contributed by atoms with Gasteiger partial charge >= 0.3 is 0 Å². The third-order valence-corrected chi connectivity index (χ3v) is 2.73. The van der Waals surface area contributed by atoms with E-state index in [0.717, 1.165) is 6.42 Å². The molecule has 0 aliphatic heterocycles. The van der Waals surface area contributed by atoms with Crippen LogP contribution in [-0.4, -0.2) is 24.5 Å². The molecule has 0 fully saturated rings. The van der Waals surface area contributed by atoms with E-state index in [9.17, 15) is 4.79 Å². The van der Waals surface area contributed by atoms with E-state index in [-0.39, 0.29) is 18.0 Å². The first-order valence-corrected chi connectivity index (χ1v) is 6.32. The van der Waals surface area contributed by atoms with Crippen molar-refractivity contribution in [2.75, 3.05) is 6.54 Å². The molecule has 1 rings (SSSR count). The second kappa shape index (κ2) is 7.67. The van der Waals surface area contributed by atoms with Crippen LogP contribution < -0.4 is 10.6 Å². The highest BCUT2D eigenvalue weighted by atomic mass is 16.2. The van der Waals surface area contributed by atoms with Crippen LogP contribution in [0.4, 0.5) is 0 Å². The van der Waals surface area contributed by atoms with E-state index in [4.69, 9.17) is 0 Å². The van der Waals surface area contributed by atoms with E-state index >= 15 is 0 Å². The quantitative estimate of drug-likeness (QED) is 0.721. The number of amides is 1. The number of nitrogens with one attached hydrogen (secondary N) is 2. The Morgan fingerprint density at radius 3 is 2.61 bits per heavy atom. The molecule has 0 bridgehead atoms. The highest BCUT2D eigenvalue weighted by Crippen LogP contribution is 2.03. The molecule has 0 saturated heterocycles. The molecule has 2 N–H and O–H groups in total. The van der Waals surface area contributed by atoms with Gasteiger partial charge in [0, 0.05) is 12.6 Å². The standard InChI is InChI=1S/C15H22N2O/c1-4-10-16-15(18)13(3)17-12(2)11-14-8-6-5-7-9-14/h4-9,12-13,17H,1,10-11H2,2-3H3,(H,16,18). The van der Waals surface area contributed by atoms with Crippen LogP contribution in [0.3, 0.4) is 0 Å². The first kappa shape index (κ1) is 14.5. The van der Waals surface area contributed by atoms with Crippen LogP contribution >= 0.6 is 0 Å². The topological polar surface area (TPSA) is 41.1 Å². The number of rotatable bonds is 7. The van der Waals surface area contributed by atoms with Crippen molar-refractivity contribution in [3.63, 3.8) is 0 Å². The monoisotopic (exact) mass is 246 g/mol. The average Bonchev–Trinajstić information content (AvgIpc) is 2.36. The van der Waals surface area contributed by atoms with Gasteiger partial charge in [-0.15, -0.1) is 6.58 Å². The van der Waals surface area contributed by atoms with Gasteiger partial charge in [-0.1, -0.05) is 36.4 Å². The average molecular weight is 246 g/mol. The van der Waals surface area contributed by atoms with Gasteiger partial charge in [0.25, 0.3) is 0 Å². The van der Waals surface area contributed by atoms with Crippen LogP contribution in [0.15, 0.2) is 43.0 Å². The molecule has 0 spiro atoms. The van der Waals surface area contributed by atoms with E-state index < -0.39 is 0 Å². The smallest absolute Gasteiger partial charge is 0.237 e. The molecule has 2 atom stereocenters. The molecule has 1 amide bonds. The predicted octanol–water partition coefficient (Wildman–Crippen LogP) is 1.90. The van der Waals surface area contributed by atoms with Crippen LogP contribution in [-0.2, 0) is 11.2 Å². The molecule has 0 saturated carbocycles. The molecule has 18 heavy (non-hydrogen) atoms. The van der Waals surface area contributed by atoms with Crippen molar-refractivity contribution in [1.29, 1.82) is 0 Å².